The zero-order valence-electron chi connectivity index (χ0n) is 18.4. The Morgan fingerprint density at radius 1 is 0.794 bits per heavy atom. The number of nitrogens with one attached hydrogen (secondary N) is 1. The minimum Gasteiger partial charge on any atom is -0.449 e. The van der Waals surface area contributed by atoms with Gasteiger partial charge in [-0.05, 0) is 39.9 Å². The first-order valence-corrected chi connectivity index (χ1v) is 11.9. The highest BCUT2D eigenvalue weighted by molar-refractivity contribution is 7.99. The summed E-state index contributed by atoms with van der Waals surface area (Å²) in [7, 11) is 0. The molecule has 168 valence electrons. The van der Waals surface area contributed by atoms with Gasteiger partial charge in [0.25, 0.3) is 0 Å². The van der Waals surface area contributed by atoms with Gasteiger partial charge in [0.1, 0.15) is 6.61 Å². The van der Waals surface area contributed by atoms with Crippen molar-refractivity contribution < 1.29 is 14.3 Å². The molecule has 1 aliphatic carbocycles. The third kappa shape index (κ3) is 4.47. The van der Waals surface area contributed by atoms with E-state index in [0.717, 1.165) is 21.6 Å². The average molecular weight is 466 g/mol. The molecule has 34 heavy (non-hydrogen) atoms. The number of fused-ring (bicyclic) bond motifs is 3. The van der Waals surface area contributed by atoms with Crippen LogP contribution in [-0.4, -0.2) is 19.0 Å². The Bertz CT molecular complexity index is 1310. The first-order chi connectivity index (χ1) is 16.7. The highest BCUT2D eigenvalue weighted by Gasteiger charge is 2.29. The molecule has 0 bridgehead atoms. The van der Waals surface area contributed by atoms with E-state index < -0.39 is 6.09 Å². The number of hydrogen-bond acceptors (Lipinski definition) is 4. The summed E-state index contributed by atoms with van der Waals surface area (Å²) in [5, 5.41) is 2.88. The van der Waals surface area contributed by atoms with E-state index in [4.69, 9.17) is 4.74 Å². The molecule has 0 fully saturated rings. The van der Waals surface area contributed by atoms with E-state index in [1.54, 1.807) is 6.07 Å². The highest BCUT2D eigenvalue weighted by Crippen LogP contribution is 2.44. The Morgan fingerprint density at radius 2 is 1.38 bits per heavy atom. The first kappa shape index (κ1) is 22.0. The molecule has 0 aliphatic heterocycles. The minimum absolute atomic E-state index is 0.0286. The van der Waals surface area contributed by atoms with Crippen molar-refractivity contribution in [2.75, 3.05) is 6.61 Å². The van der Waals surface area contributed by atoms with Gasteiger partial charge in [0.2, 0.25) is 0 Å². The molecule has 1 aliphatic rings. The van der Waals surface area contributed by atoms with Gasteiger partial charge in [-0.15, -0.1) is 0 Å². The Hall–Kier alpha value is -3.83. The summed E-state index contributed by atoms with van der Waals surface area (Å²) >= 11 is 1.51. The topological polar surface area (TPSA) is 55.4 Å². The number of carbonyl (C=O) groups excluding carboxylic acids is 2. The Morgan fingerprint density at radius 3 is 2.09 bits per heavy atom. The fraction of sp³-hybridized carbons (Fsp3) is 0.103. The lowest BCUT2D eigenvalue weighted by Gasteiger charge is -2.15. The molecule has 0 aromatic heterocycles. The zero-order valence-corrected chi connectivity index (χ0v) is 19.3. The lowest BCUT2D eigenvalue weighted by molar-refractivity contribution is 0.112. The molecular formula is C29H23NO3S. The zero-order chi connectivity index (χ0) is 23.3. The number of benzene rings is 4. The number of aldehydes is 1. The summed E-state index contributed by atoms with van der Waals surface area (Å²) in [6.07, 6.45) is 0.412. The first-order valence-electron chi connectivity index (χ1n) is 11.1. The molecule has 0 spiro atoms. The number of amides is 1. The molecule has 0 radical (unpaired) electrons. The fourth-order valence-electron chi connectivity index (χ4n) is 4.36. The van der Waals surface area contributed by atoms with Crippen molar-refractivity contribution in [3.05, 3.63) is 119 Å². The summed E-state index contributed by atoms with van der Waals surface area (Å²) in [6.45, 7) is 0.617. The highest BCUT2D eigenvalue weighted by atomic mass is 32.2. The second kappa shape index (κ2) is 9.98. The maximum atomic E-state index is 12.6. The molecule has 0 atom stereocenters. The Kier molecular flexibility index (Phi) is 6.45. The molecule has 4 nitrogen and oxygen atoms in total. The van der Waals surface area contributed by atoms with E-state index in [9.17, 15) is 9.59 Å². The number of ether oxygens (including phenoxy) is 1. The third-order valence-electron chi connectivity index (χ3n) is 6.01. The predicted molar refractivity (Wildman–Crippen MR) is 134 cm³/mol. The van der Waals surface area contributed by atoms with Crippen molar-refractivity contribution in [3.8, 4) is 11.1 Å². The van der Waals surface area contributed by atoms with E-state index in [2.05, 4.69) is 29.6 Å². The van der Waals surface area contributed by atoms with Crippen LogP contribution < -0.4 is 5.32 Å². The molecule has 0 saturated carbocycles. The van der Waals surface area contributed by atoms with Crippen LogP contribution in [0.1, 0.15) is 33.0 Å². The molecule has 0 unspecified atom stereocenters. The normalized spacial score (nSPS) is 12.0. The van der Waals surface area contributed by atoms with Crippen LogP contribution in [0, 0.1) is 0 Å². The van der Waals surface area contributed by atoms with Crippen LogP contribution in [0.2, 0.25) is 0 Å². The predicted octanol–water partition coefficient (Wildman–Crippen LogP) is 6.69. The average Bonchev–Trinajstić information content (AvgIpc) is 3.21. The summed E-state index contributed by atoms with van der Waals surface area (Å²) in [5.74, 6) is 0.0286. The van der Waals surface area contributed by atoms with E-state index in [-0.39, 0.29) is 12.5 Å². The van der Waals surface area contributed by atoms with Gasteiger partial charge >= 0.3 is 6.09 Å². The molecule has 5 rings (SSSR count). The summed E-state index contributed by atoms with van der Waals surface area (Å²) < 4.78 is 5.65. The van der Waals surface area contributed by atoms with Gasteiger partial charge in [0.15, 0.2) is 6.29 Å². The van der Waals surface area contributed by atoms with Gasteiger partial charge in [-0.3, -0.25) is 4.79 Å². The van der Waals surface area contributed by atoms with Gasteiger partial charge in [-0.25, -0.2) is 4.79 Å². The standard InChI is InChI=1S/C29H23NO3S/c31-18-21-10-2-8-16-28(21)34-27-15-7-1-9-20(27)17-30-29(32)33-19-26-24-13-5-3-11-22(24)23-12-4-6-14-25(23)26/h1-16,18,26H,17,19H2,(H,30,32). The van der Waals surface area contributed by atoms with Gasteiger partial charge in [0, 0.05) is 27.8 Å². The summed E-state index contributed by atoms with van der Waals surface area (Å²) in [6, 6.07) is 31.9. The largest absolute Gasteiger partial charge is 0.449 e. The van der Waals surface area contributed by atoms with E-state index in [1.807, 2.05) is 66.7 Å². The maximum absolute atomic E-state index is 12.6. The summed E-state index contributed by atoms with van der Waals surface area (Å²) in [5.41, 5.74) is 6.38. The molecule has 5 heteroatoms. The van der Waals surface area contributed by atoms with Gasteiger partial charge in [-0.2, -0.15) is 0 Å². The Labute approximate surface area is 203 Å². The van der Waals surface area contributed by atoms with Crippen LogP contribution in [0.5, 0.6) is 0 Å². The number of rotatable bonds is 7. The molecule has 4 aromatic rings. The van der Waals surface area contributed by atoms with Crippen molar-refractivity contribution in [2.45, 2.75) is 22.3 Å². The lowest BCUT2D eigenvalue weighted by Crippen LogP contribution is -2.25. The van der Waals surface area contributed by atoms with Crippen LogP contribution in [0.15, 0.2) is 107 Å². The lowest BCUT2D eigenvalue weighted by atomic mass is 9.98. The van der Waals surface area contributed by atoms with Crippen molar-refractivity contribution in [1.29, 1.82) is 0 Å². The van der Waals surface area contributed by atoms with Crippen molar-refractivity contribution >= 4 is 24.1 Å². The summed E-state index contributed by atoms with van der Waals surface area (Å²) in [4.78, 5) is 25.8. The van der Waals surface area contributed by atoms with Gasteiger partial charge in [-0.1, -0.05) is 96.7 Å². The monoisotopic (exact) mass is 465 g/mol. The quantitative estimate of drug-likeness (QED) is 0.309. The number of hydrogen-bond donors (Lipinski definition) is 1. The SMILES string of the molecule is O=Cc1ccccc1Sc1ccccc1CNC(=O)OCC1c2ccccc2-c2ccccc21. The fourth-order valence-corrected chi connectivity index (χ4v) is 5.39. The van der Waals surface area contributed by atoms with E-state index in [0.29, 0.717) is 12.1 Å². The van der Waals surface area contributed by atoms with Crippen molar-refractivity contribution in [3.63, 3.8) is 0 Å². The van der Waals surface area contributed by atoms with E-state index >= 15 is 0 Å². The third-order valence-corrected chi connectivity index (χ3v) is 7.22. The number of alkyl carbamates (subject to hydrolysis) is 1. The second-order valence-electron chi connectivity index (χ2n) is 8.04. The van der Waals surface area contributed by atoms with Gasteiger partial charge < -0.3 is 10.1 Å². The van der Waals surface area contributed by atoms with Crippen LogP contribution >= 0.6 is 11.8 Å². The van der Waals surface area contributed by atoms with Crippen LogP contribution in [0.4, 0.5) is 4.79 Å². The van der Waals surface area contributed by atoms with Crippen LogP contribution in [0.25, 0.3) is 11.1 Å². The van der Waals surface area contributed by atoms with E-state index in [1.165, 1.54) is 34.0 Å². The molecule has 1 amide bonds. The second-order valence-corrected chi connectivity index (χ2v) is 9.13. The maximum Gasteiger partial charge on any atom is 0.407 e. The van der Waals surface area contributed by atoms with Crippen molar-refractivity contribution in [1.82, 2.24) is 5.32 Å². The van der Waals surface area contributed by atoms with Crippen molar-refractivity contribution in [2.24, 2.45) is 0 Å². The minimum atomic E-state index is -0.449. The number of carbonyl (C=O) groups is 2. The molecular weight excluding hydrogens is 442 g/mol. The van der Waals surface area contributed by atoms with Crippen LogP contribution in [-0.2, 0) is 11.3 Å². The van der Waals surface area contributed by atoms with Gasteiger partial charge in [0.05, 0.1) is 0 Å². The smallest absolute Gasteiger partial charge is 0.407 e. The molecule has 0 heterocycles. The Balaban J connectivity index is 1.24. The van der Waals surface area contributed by atoms with Crippen LogP contribution in [0.3, 0.4) is 0 Å². The molecule has 4 aromatic carbocycles. The molecule has 1 N–H and O–H groups in total. The molecule has 0 saturated heterocycles.